The maximum Gasteiger partial charge on any atom is 0.308 e. The molecular weight excluding hydrogens is 358 g/mol. The summed E-state index contributed by atoms with van der Waals surface area (Å²) in [6.45, 7) is 0.684. The number of ether oxygens (including phenoxy) is 1. The summed E-state index contributed by atoms with van der Waals surface area (Å²) in [6.07, 6.45) is -0.179. The van der Waals surface area contributed by atoms with E-state index in [1.54, 1.807) is 30.3 Å². The smallest absolute Gasteiger partial charge is 0.308 e. The van der Waals surface area contributed by atoms with Gasteiger partial charge < -0.3 is 15.4 Å². The predicted octanol–water partition coefficient (Wildman–Crippen LogP) is 2.71. The van der Waals surface area contributed by atoms with Crippen LogP contribution in [0, 0.1) is 11.6 Å². The average Bonchev–Trinajstić information content (AvgIpc) is 2.62. The first-order valence-electron chi connectivity index (χ1n) is 8.07. The van der Waals surface area contributed by atoms with Gasteiger partial charge in [-0.1, -0.05) is 30.3 Å². The highest BCUT2D eigenvalue weighted by molar-refractivity contribution is 5.92. The quantitative estimate of drug-likeness (QED) is 0.728. The summed E-state index contributed by atoms with van der Waals surface area (Å²) in [5.74, 6) is -3.52. The molecule has 2 aromatic rings. The van der Waals surface area contributed by atoms with E-state index < -0.39 is 36.2 Å². The molecule has 27 heavy (non-hydrogen) atoms. The number of amides is 2. The normalized spacial score (nSPS) is 11.4. The molecule has 0 bridgehead atoms. The summed E-state index contributed by atoms with van der Waals surface area (Å²) in [6, 6.07) is 10.9. The molecule has 0 heterocycles. The van der Waals surface area contributed by atoms with E-state index in [2.05, 4.69) is 10.6 Å². The number of halogens is 2. The fourth-order valence-electron chi connectivity index (χ4n) is 2.33. The van der Waals surface area contributed by atoms with Crippen molar-refractivity contribution in [3.8, 4) is 0 Å². The minimum absolute atomic E-state index is 0.179. The Hall–Kier alpha value is -3.29. The molecule has 0 aliphatic carbocycles. The minimum atomic E-state index is -0.940. The molecule has 0 radical (unpaired) electrons. The van der Waals surface area contributed by atoms with Crippen LogP contribution in [0.3, 0.4) is 0 Å². The van der Waals surface area contributed by atoms with Crippen molar-refractivity contribution in [2.45, 2.75) is 19.4 Å². The van der Waals surface area contributed by atoms with Gasteiger partial charge in [-0.25, -0.2) is 8.78 Å². The molecule has 6 nitrogen and oxygen atoms in total. The summed E-state index contributed by atoms with van der Waals surface area (Å²) in [5, 5.41) is 4.82. The van der Waals surface area contributed by atoms with E-state index in [0.29, 0.717) is 11.6 Å². The zero-order valence-corrected chi connectivity index (χ0v) is 14.5. The number of esters is 1. The van der Waals surface area contributed by atoms with Crippen molar-refractivity contribution in [1.82, 2.24) is 5.32 Å². The van der Waals surface area contributed by atoms with Gasteiger partial charge in [0.1, 0.15) is 11.6 Å². The second-order valence-corrected chi connectivity index (χ2v) is 5.70. The van der Waals surface area contributed by atoms with E-state index in [1.165, 1.54) is 6.92 Å². The standard InChI is InChI=1S/C19H18F2N2O4/c1-12(24)22-17(13-5-3-2-4-6-13)10-19(26)27-11-18(25)23-16-8-7-14(20)9-15(16)21/h2-9,17H,10-11H2,1H3,(H,22,24)(H,23,25)/t17-/m0/s1. The van der Waals surface area contributed by atoms with Crippen LogP contribution in [0.25, 0.3) is 0 Å². The van der Waals surface area contributed by atoms with Gasteiger partial charge in [-0.2, -0.15) is 0 Å². The number of benzene rings is 2. The maximum absolute atomic E-state index is 13.5. The van der Waals surface area contributed by atoms with Crippen LogP contribution in [0.15, 0.2) is 48.5 Å². The fourth-order valence-corrected chi connectivity index (χ4v) is 2.33. The Morgan fingerprint density at radius 2 is 1.78 bits per heavy atom. The first-order valence-corrected chi connectivity index (χ1v) is 8.07. The maximum atomic E-state index is 13.5. The van der Waals surface area contributed by atoms with Crippen molar-refractivity contribution in [2.75, 3.05) is 11.9 Å². The van der Waals surface area contributed by atoms with E-state index in [4.69, 9.17) is 4.74 Å². The lowest BCUT2D eigenvalue weighted by Gasteiger charge is -2.17. The van der Waals surface area contributed by atoms with Crippen LogP contribution >= 0.6 is 0 Å². The van der Waals surface area contributed by atoms with Crippen LogP contribution in [0.1, 0.15) is 24.9 Å². The SMILES string of the molecule is CC(=O)N[C@@H](CC(=O)OCC(=O)Nc1ccc(F)cc1F)c1ccccc1. The summed E-state index contributed by atoms with van der Waals surface area (Å²) in [4.78, 5) is 35.1. The topological polar surface area (TPSA) is 84.5 Å². The molecule has 0 saturated carbocycles. The van der Waals surface area contributed by atoms with E-state index in [1.807, 2.05) is 0 Å². The molecule has 2 amide bonds. The molecule has 0 unspecified atom stereocenters. The second-order valence-electron chi connectivity index (χ2n) is 5.70. The van der Waals surface area contributed by atoms with Gasteiger partial charge in [0.25, 0.3) is 5.91 Å². The second kappa shape index (κ2) is 9.42. The van der Waals surface area contributed by atoms with Gasteiger partial charge in [-0.05, 0) is 17.7 Å². The van der Waals surface area contributed by atoms with Crippen LogP contribution in [0.4, 0.5) is 14.5 Å². The Labute approximate surface area is 154 Å². The minimum Gasteiger partial charge on any atom is -0.455 e. The van der Waals surface area contributed by atoms with E-state index in [0.717, 1.165) is 12.1 Å². The highest BCUT2D eigenvalue weighted by atomic mass is 19.1. The van der Waals surface area contributed by atoms with Crippen molar-refractivity contribution in [3.63, 3.8) is 0 Å². The lowest BCUT2D eigenvalue weighted by atomic mass is 10.0. The van der Waals surface area contributed by atoms with Gasteiger partial charge in [0.2, 0.25) is 5.91 Å². The Kier molecular flexibility index (Phi) is 6.99. The molecule has 1 atom stereocenters. The Morgan fingerprint density at radius 1 is 1.07 bits per heavy atom. The number of carbonyl (C=O) groups excluding carboxylic acids is 3. The third-order valence-corrected chi connectivity index (χ3v) is 3.52. The molecule has 0 saturated heterocycles. The average molecular weight is 376 g/mol. The van der Waals surface area contributed by atoms with Crippen molar-refractivity contribution in [2.24, 2.45) is 0 Å². The number of hydrogen-bond donors (Lipinski definition) is 2. The van der Waals surface area contributed by atoms with Gasteiger partial charge in [0.05, 0.1) is 18.2 Å². The van der Waals surface area contributed by atoms with Crippen molar-refractivity contribution in [1.29, 1.82) is 0 Å². The highest BCUT2D eigenvalue weighted by Crippen LogP contribution is 2.17. The third-order valence-electron chi connectivity index (χ3n) is 3.52. The van der Waals surface area contributed by atoms with Crippen LogP contribution in [-0.2, 0) is 19.1 Å². The predicted molar refractivity (Wildman–Crippen MR) is 93.6 cm³/mol. The molecule has 0 aliphatic rings. The van der Waals surface area contributed by atoms with Gasteiger partial charge in [-0.15, -0.1) is 0 Å². The molecule has 142 valence electrons. The molecule has 0 fully saturated rings. The lowest BCUT2D eigenvalue weighted by molar-refractivity contribution is -0.148. The van der Waals surface area contributed by atoms with Crippen molar-refractivity contribution in [3.05, 3.63) is 65.7 Å². The summed E-state index contributed by atoms with van der Waals surface area (Å²) < 4.78 is 31.2. The van der Waals surface area contributed by atoms with Crippen molar-refractivity contribution >= 4 is 23.5 Å². The molecule has 8 heteroatoms. The van der Waals surface area contributed by atoms with E-state index in [-0.39, 0.29) is 18.0 Å². The van der Waals surface area contributed by atoms with Gasteiger partial charge in [-0.3, -0.25) is 14.4 Å². The Morgan fingerprint density at radius 3 is 2.41 bits per heavy atom. The van der Waals surface area contributed by atoms with Crippen LogP contribution in [0.5, 0.6) is 0 Å². The van der Waals surface area contributed by atoms with Gasteiger partial charge in [0, 0.05) is 13.0 Å². The number of hydrogen-bond acceptors (Lipinski definition) is 4. The molecule has 0 aliphatic heterocycles. The largest absolute Gasteiger partial charge is 0.455 e. The first kappa shape index (κ1) is 20.0. The fraction of sp³-hybridized carbons (Fsp3) is 0.211. The number of anilines is 1. The third kappa shape index (κ3) is 6.50. The summed E-state index contributed by atoms with van der Waals surface area (Å²) in [5.41, 5.74) is 0.486. The summed E-state index contributed by atoms with van der Waals surface area (Å²) >= 11 is 0. The molecule has 2 aromatic carbocycles. The Bertz CT molecular complexity index is 828. The number of rotatable bonds is 7. The summed E-state index contributed by atoms with van der Waals surface area (Å²) in [7, 11) is 0. The molecule has 0 aromatic heterocycles. The lowest BCUT2D eigenvalue weighted by Crippen LogP contribution is -2.29. The first-order chi connectivity index (χ1) is 12.8. The van der Waals surface area contributed by atoms with Crippen LogP contribution in [-0.4, -0.2) is 24.4 Å². The number of carbonyl (C=O) groups is 3. The van der Waals surface area contributed by atoms with Crippen LogP contribution in [0.2, 0.25) is 0 Å². The molecular formula is C19H18F2N2O4. The monoisotopic (exact) mass is 376 g/mol. The zero-order valence-electron chi connectivity index (χ0n) is 14.5. The van der Waals surface area contributed by atoms with Crippen LogP contribution < -0.4 is 10.6 Å². The zero-order chi connectivity index (χ0) is 19.8. The number of nitrogens with one attached hydrogen (secondary N) is 2. The van der Waals surface area contributed by atoms with Gasteiger partial charge in [0.15, 0.2) is 6.61 Å². The van der Waals surface area contributed by atoms with E-state index >= 15 is 0 Å². The molecule has 0 spiro atoms. The van der Waals surface area contributed by atoms with Gasteiger partial charge >= 0.3 is 5.97 Å². The van der Waals surface area contributed by atoms with E-state index in [9.17, 15) is 23.2 Å². The molecule has 2 N–H and O–H groups in total. The van der Waals surface area contributed by atoms with Crippen molar-refractivity contribution < 1.29 is 27.9 Å². The molecule has 2 rings (SSSR count). The highest BCUT2D eigenvalue weighted by Gasteiger charge is 2.19. The Balaban J connectivity index is 1.89.